The van der Waals surface area contributed by atoms with E-state index in [9.17, 15) is 10.1 Å². The van der Waals surface area contributed by atoms with E-state index in [1.807, 2.05) is 5.38 Å². The number of anilines is 1. The third kappa shape index (κ3) is 3.58. The van der Waals surface area contributed by atoms with E-state index in [1.54, 1.807) is 23.5 Å². The normalized spacial score (nSPS) is 14.6. The maximum absolute atomic E-state index is 10.6. The number of nitro groups is 1. The van der Waals surface area contributed by atoms with Crippen molar-refractivity contribution in [3.8, 4) is 11.3 Å². The first-order valence-electron chi connectivity index (χ1n) is 6.27. The van der Waals surface area contributed by atoms with Gasteiger partial charge in [0.15, 0.2) is 5.13 Å². The number of benzene rings is 1. The molecule has 0 N–H and O–H groups in total. The number of hydrogen-bond donors (Lipinski definition) is 0. The number of ether oxygens (including phenoxy) is 1. The van der Waals surface area contributed by atoms with Gasteiger partial charge in [0.25, 0.3) is 5.69 Å². The van der Waals surface area contributed by atoms with Gasteiger partial charge < -0.3 is 9.64 Å². The molecule has 0 radical (unpaired) electrons. The first kappa shape index (κ1) is 15.9. The molecule has 2 aromatic rings. The Morgan fingerprint density at radius 1 is 1.24 bits per heavy atom. The molecule has 8 heteroatoms. The molecule has 1 aromatic heterocycles. The molecule has 3 rings (SSSR count). The lowest BCUT2D eigenvalue weighted by molar-refractivity contribution is -0.384. The molecule has 1 aliphatic rings. The highest BCUT2D eigenvalue weighted by Gasteiger charge is 2.15. The zero-order valence-electron chi connectivity index (χ0n) is 11.1. The fourth-order valence-electron chi connectivity index (χ4n) is 2.05. The van der Waals surface area contributed by atoms with E-state index in [0.29, 0.717) is 0 Å². The Labute approximate surface area is 136 Å². The van der Waals surface area contributed by atoms with Gasteiger partial charge in [0.2, 0.25) is 0 Å². The minimum Gasteiger partial charge on any atom is -0.378 e. The van der Waals surface area contributed by atoms with E-state index in [2.05, 4.69) is 9.88 Å². The van der Waals surface area contributed by atoms with E-state index >= 15 is 0 Å². The molecule has 21 heavy (non-hydrogen) atoms. The van der Waals surface area contributed by atoms with Gasteiger partial charge in [-0.1, -0.05) is 0 Å². The Bertz CT molecular complexity index is 611. The summed E-state index contributed by atoms with van der Waals surface area (Å²) in [5, 5.41) is 13.6. The molecule has 6 nitrogen and oxygen atoms in total. The third-order valence-corrected chi connectivity index (χ3v) is 4.05. The van der Waals surface area contributed by atoms with Crippen LogP contribution in [-0.2, 0) is 4.74 Å². The highest BCUT2D eigenvalue weighted by atomic mass is 79.9. The summed E-state index contributed by atoms with van der Waals surface area (Å²) in [6, 6.07) is 6.47. The number of rotatable bonds is 3. The standard InChI is InChI=1S/C13H13N3O3S.BrH/c17-16(18)11-3-1-10(2-4-11)12-9-20-13(14-12)15-5-7-19-8-6-15;/h1-4,9H,5-8H2;1H. The van der Waals surface area contributed by atoms with Gasteiger partial charge in [-0.2, -0.15) is 0 Å². The highest BCUT2D eigenvalue weighted by molar-refractivity contribution is 8.93. The second-order valence-corrected chi connectivity index (χ2v) is 5.26. The van der Waals surface area contributed by atoms with Gasteiger partial charge in [-0.3, -0.25) is 10.1 Å². The van der Waals surface area contributed by atoms with Gasteiger partial charge in [-0.25, -0.2) is 4.98 Å². The number of nitrogens with zero attached hydrogens (tertiary/aromatic N) is 3. The maximum Gasteiger partial charge on any atom is 0.269 e. The monoisotopic (exact) mass is 371 g/mol. The minimum atomic E-state index is -0.399. The lowest BCUT2D eigenvalue weighted by atomic mass is 10.1. The largest absolute Gasteiger partial charge is 0.378 e. The van der Waals surface area contributed by atoms with Crippen molar-refractivity contribution in [3.05, 3.63) is 39.8 Å². The summed E-state index contributed by atoms with van der Waals surface area (Å²) in [6.07, 6.45) is 0. The van der Waals surface area contributed by atoms with Crippen LogP contribution in [0.25, 0.3) is 11.3 Å². The van der Waals surface area contributed by atoms with Gasteiger partial charge >= 0.3 is 0 Å². The number of morpholine rings is 1. The van der Waals surface area contributed by atoms with Gasteiger partial charge in [0.05, 0.1) is 23.8 Å². The second kappa shape index (κ2) is 6.97. The summed E-state index contributed by atoms with van der Waals surface area (Å²) in [4.78, 5) is 17.0. The van der Waals surface area contributed by atoms with Crippen LogP contribution in [0.3, 0.4) is 0 Å². The molecule has 112 valence electrons. The molecule has 2 heterocycles. The summed E-state index contributed by atoms with van der Waals surface area (Å²) in [5.41, 5.74) is 1.84. The van der Waals surface area contributed by atoms with Crippen LogP contribution in [0.5, 0.6) is 0 Å². The highest BCUT2D eigenvalue weighted by Crippen LogP contribution is 2.28. The van der Waals surface area contributed by atoms with Crippen molar-refractivity contribution >= 4 is 39.1 Å². The van der Waals surface area contributed by atoms with Crippen LogP contribution in [0.2, 0.25) is 0 Å². The summed E-state index contributed by atoms with van der Waals surface area (Å²) >= 11 is 1.59. The zero-order chi connectivity index (χ0) is 13.9. The van der Waals surface area contributed by atoms with Crippen LogP contribution in [0.1, 0.15) is 0 Å². The maximum atomic E-state index is 10.6. The van der Waals surface area contributed by atoms with Gasteiger partial charge in [-0.15, -0.1) is 28.3 Å². The van der Waals surface area contributed by atoms with Crippen molar-refractivity contribution in [2.24, 2.45) is 0 Å². The summed E-state index contributed by atoms with van der Waals surface area (Å²) < 4.78 is 5.32. The van der Waals surface area contributed by atoms with E-state index in [0.717, 1.165) is 42.7 Å². The number of hydrogen-bond acceptors (Lipinski definition) is 6. The number of nitro benzene ring substituents is 1. The first-order valence-corrected chi connectivity index (χ1v) is 7.15. The molecular formula is C13H14BrN3O3S. The fourth-order valence-corrected chi connectivity index (χ4v) is 2.94. The van der Waals surface area contributed by atoms with Crippen LogP contribution in [0, 0.1) is 10.1 Å². The van der Waals surface area contributed by atoms with E-state index < -0.39 is 4.92 Å². The zero-order valence-corrected chi connectivity index (χ0v) is 13.6. The predicted molar refractivity (Wildman–Crippen MR) is 87.6 cm³/mol. The van der Waals surface area contributed by atoms with Gasteiger partial charge in [0, 0.05) is 36.2 Å². The Kier molecular flexibility index (Phi) is 5.27. The summed E-state index contributed by atoms with van der Waals surface area (Å²) in [6.45, 7) is 3.17. The molecular weight excluding hydrogens is 358 g/mol. The second-order valence-electron chi connectivity index (χ2n) is 4.42. The van der Waals surface area contributed by atoms with E-state index in [1.165, 1.54) is 12.1 Å². The quantitative estimate of drug-likeness (QED) is 0.612. The molecule has 0 aliphatic carbocycles. The van der Waals surface area contributed by atoms with Crippen LogP contribution >= 0.6 is 28.3 Å². The topological polar surface area (TPSA) is 68.5 Å². The number of thiazole rings is 1. The molecule has 1 fully saturated rings. The van der Waals surface area contributed by atoms with Gasteiger partial charge in [0.1, 0.15) is 0 Å². The van der Waals surface area contributed by atoms with Crippen LogP contribution < -0.4 is 4.90 Å². The summed E-state index contributed by atoms with van der Waals surface area (Å²) in [7, 11) is 0. The Balaban J connectivity index is 0.00000161. The lowest BCUT2D eigenvalue weighted by Crippen LogP contribution is -2.36. The van der Waals surface area contributed by atoms with E-state index in [4.69, 9.17) is 4.74 Å². The lowest BCUT2D eigenvalue weighted by Gasteiger charge is -2.26. The number of halogens is 1. The van der Waals surface area contributed by atoms with Crippen LogP contribution in [0.15, 0.2) is 29.6 Å². The van der Waals surface area contributed by atoms with Crippen LogP contribution in [0.4, 0.5) is 10.8 Å². The van der Waals surface area contributed by atoms with E-state index in [-0.39, 0.29) is 22.7 Å². The molecule has 0 unspecified atom stereocenters. The molecule has 0 saturated carbocycles. The Morgan fingerprint density at radius 3 is 2.52 bits per heavy atom. The van der Waals surface area contributed by atoms with Gasteiger partial charge in [-0.05, 0) is 12.1 Å². The molecule has 1 saturated heterocycles. The summed E-state index contributed by atoms with van der Waals surface area (Å²) in [5.74, 6) is 0. The van der Waals surface area contributed by atoms with Crippen molar-refractivity contribution in [1.82, 2.24) is 4.98 Å². The number of non-ortho nitro benzene ring substituents is 1. The molecule has 0 atom stereocenters. The number of aromatic nitrogens is 1. The predicted octanol–water partition coefficient (Wildman–Crippen LogP) is 3.13. The smallest absolute Gasteiger partial charge is 0.269 e. The minimum absolute atomic E-state index is 0. The van der Waals surface area contributed by atoms with Crippen LogP contribution in [-0.4, -0.2) is 36.2 Å². The van der Waals surface area contributed by atoms with Crippen molar-refractivity contribution < 1.29 is 9.66 Å². The first-order chi connectivity index (χ1) is 9.74. The molecule has 1 aliphatic heterocycles. The molecule has 0 spiro atoms. The Morgan fingerprint density at radius 2 is 1.90 bits per heavy atom. The SMILES string of the molecule is Br.O=[N+]([O-])c1ccc(-c2csc(N3CCOCC3)n2)cc1. The van der Waals surface area contributed by atoms with Crippen molar-refractivity contribution in [3.63, 3.8) is 0 Å². The van der Waals surface area contributed by atoms with Crippen molar-refractivity contribution in [2.75, 3.05) is 31.2 Å². The average Bonchev–Trinajstić information content (AvgIpc) is 2.98. The van der Waals surface area contributed by atoms with Crippen molar-refractivity contribution in [2.45, 2.75) is 0 Å². The molecule has 0 bridgehead atoms. The van der Waals surface area contributed by atoms with Crippen molar-refractivity contribution in [1.29, 1.82) is 0 Å². The molecule has 0 amide bonds. The average molecular weight is 372 g/mol. The fraction of sp³-hybridized carbons (Fsp3) is 0.308. The Hall–Kier alpha value is -1.51. The third-order valence-electron chi connectivity index (χ3n) is 3.15. The molecule has 1 aromatic carbocycles.